The lowest BCUT2D eigenvalue weighted by Crippen LogP contribution is -2.47. The summed E-state index contributed by atoms with van der Waals surface area (Å²) in [5, 5.41) is 0.107. The summed E-state index contributed by atoms with van der Waals surface area (Å²) in [7, 11) is 6.44. The largest absolute Gasteiger partial charge is 0.497 e. The second kappa shape index (κ2) is 15.2. The first kappa shape index (κ1) is 33.6. The van der Waals surface area contributed by atoms with Crippen LogP contribution in [0.1, 0.15) is 24.2 Å². The number of benzene rings is 3. The van der Waals surface area contributed by atoms with Crippen LogP contribution in [0, 0.1) is 0 Å². The first-order valence-corrected chi connectivity index (χ1v) is 16.4. The van der Waals surface area contributed by atoms with Crippen LogP contribution in [0.5, 0.6) is 23.0 Å². The second-order valence-corrected chi connectivity index (χ2v) is 12.6. The van der Waals surface area contributed by atoms with Gasteiger partial charge in [-0.2, -0.15) is 0 Å². The van der Waals surface area contributed by atoms with Crippen LogP contribution in [0.15, 0.2) is 59.5 Å². The molecule has 1 unspecified atom stereocenters. The molecule has 2 atom stereocenters. The summed E-state index contributed by atoms with van der Waals surface area (Å²) in [5.41, 5.74) is 2.63. The highest BCUT2D eigenvalue weighted by Crippen LogP contribution is 2.48. The fourth-order valence-corrected chi connectivity index (χ4v) is 7.49. The van der Waals surface area contributed by atoms with Crippen LogP contribution in [0.3, 0.4) is 0 Å². The standard InChI is InChI=1S/C34H40ClN3O7S/c1-22(39)45-32-33(23-7-10-26(41-2)11-8-23)46-30-19-24(35)9-12-27(30)38(34(32)40)14-6-13-36-15-17-37(18-16-36)25-20-28(42-3)31(44-5)29(21-25)43-4/h7-12,19-21,32-33H,6,13-18H2,1-5H3/t32?,33-/m0/s1. The zero-order valence-electron chi connectivity index (χ0n) is 26.8. The smallest absolute Gasteiger partial charge is 0.303 e. The van der Waals surface area contributed by atoms with Gasteiger partial charge in [0.2, 0.25) is 5.75 Å². The van der Waals surface area contributed by atoms with E-state index in [0.29, 0.717) is 34.6 Å². The second-order valence-electron chi connectivity index (χ2n) is 11.0. The fraction of sp³-hybridized carbons (Fsp3) is 0.412. The molecule has 12 heteroatoms. The maximum absolute atomic E-state index is 14.2. The molecule has 246 valence electrons. The lowest BCUT2D eigenvalue weighted by molar-refractivity contribution is -0.152. The Bertz CT molecular complexity index is 1510. The van der Waals surface area contributed by atoms with Gasteiger partial charge in [-0.25, -0.2) is 0 Å². The molecule has 2 aliphatic rings. The number of rotatable bonds is 11. The van der Waals surface area contributed by atoms with E-state index in [2.05, 4.69) is 9.80 Å². The molecule has 0 radical (unpaired) electrons. The van der Waals surface area contributed by atoms with E-state index in [0.717, 1.165) is 61.0 Å². The minimum absolute atomic E-state index is 0.253. The molecule has 1 amide bonds. The first-order valence-electron chi connectivity index (χ1n) is 15.1. The number of nitrogens with zero attached hydrogens (tertiary/aromatic N) is 3. The van der Waals surface area contributed by atoms with Crippen LogP contribution in [0.4, 0.5) is 11.4 Å². The highest BCUT2D eigenvalue weighted by molar-refractivity contribution is 7.99. The number of carbonyl (C=O) groups excluding carboxylic acids is 2. The average Bonchev–Trinajstić information content (AvgIpc) is 3.18. The first-order chi connectivity index (χ1) is 22.3. The Morgan fingerprint density at radius 1 is 0.870 bits per heavy atom. The SMILES string of the molecule is COc1ccc([C@@H]2Sc3cc(Cl)ccc3N(CCCN3CCN(c4cc(OC)c(OC)c(OC)c4)CC3)C(=O)C2OC(C)=O)cc1. The number of fused-ring (bicyclic) bond motifs is 1. The molecular weight excluding hydrogens is 630 g/mol. The number of thioether (sulfide) groups is 1. The van der Waals surface area contributed by atoms with E-state index in [1.54, 1.807) is 39.4 Å². The Morgan fingerprint density at radius 3 is 2.13 bits per heavy atom. The summed E-state index contributed by atoms with van der Waals surface area (Å²) in [5.74, 6) is 1.77. The van der Waals surface area contributed by atoms with Gasteiger partial charge in [0.05, 0.1) is 39.4 Å². The molecule has 0 N–H and O–H groups in total. The average molecular weight is 670 g/mol. The van der Waals surface area contributed by atoms with E-state index >= 15 is 0 Å². The zero-order chi connectivity index (χ0) is 32.8. The number of halogens is 1. The van der Waals surface area contributed by atoms with E-state index in [9.17, 15) is 9.59 Å². The van der Waals surface area contributed by atoms with Crippen molar-refractivity contribution >= 4 is 46.6 Å². The third-order valence-corrected chi connectivity index (χ3v) is 9.82. The summed E-state index contributed by atoms with van der Waals surface area (Å²) in [6.07, 6.45) is -0.271. The van der Waals surface area contributed by atoms with Crippen molar-refractivity contribution in [2.75, 3.05) is 77.5 Å². The maximum Gasteiger partial charge on any atom is 0.303 e. The predicted octanol–water partition coefficient (Wildman–Crippen LogP) is 5.70. The molecule has 0 spiro atoms. The topological polar surface area (TPSA) is 90.0 Å². The van der Waals surface area contributed by atoms with Gasteiger partial charge in [-0.1, -0.05) is 23.7 Å². The number of methoxy groups -OCH3 is 4. The van der Waals surface area contributed by atoms with Gasteiger partial charge in [-0.05, 0) is 48.9 Å². The summed E-state index contributed by atoms with van der Waals surface area (Å²) < 4.78 is 27.6. The molecule has 2 aliphatic heterocycles. The Kier molecular flexibility index (Phi) is 11.1. The van der Waals surface area contributed by atoms with Crippen LogP contribution in [-0.4, -0.2) is 90.6 Å². The molecule has 46 heavy (non-hydrogen) atoms. The molecular formula is C34H40ClN3O7S. The number of hydrogen-bond acceptors (Lipinski definition) is 10. The van der Waals surface area contributed by atoms with Crippen molar-refractivity contribution in [2.24, 2.45) is 0 Å². The quantitative estimate of drug-likeness (QED) is 0.237. The Hall–Kier alpha value is -3.80. The van der Waals surface area contributed by atoms with Crippen molar-refractivity contribution in [3.8, 4) is 23.0 Å². The molecule has 0 aliphatic carbocycles. The molecule has 10 nitrogen and oxygen atoms in total. The van der Waals surface area contributed by atoms with Gasteiger partial charge in [0.25, 0.3) is 5.91 Å². The fourth-order valence-electron chi connectivity index (χ4n) is 5.90. The predicted molar refractivity (Wildman–Crippen MR) is 180 cm³/mol. The minimum atomic E-state index is -1.01. The van der Waals surface area contributed by atoms with Crippen LogP contribution in [-0.2, 0) is 14.3 Å². The lowest BCUT2D eigenvalue weighted by Gasteiger charge is -2.37. The Balaban J connectivity index is 1.29. The van der Waals surface area contributed by atoms with Gasteiger partial charge in [0.15, 0.2) is 17.6 Å². The van der Waals surface area contributed by atoms with Crippen molar-refractivity contribution in [1.29, 1.82) is 0 Å². The Labute approximate surface area is 279 Å². The normalized spacial score (nSPS) is 18.4. The lowest BCUT2D eigenvalue weighted by atomic mass is 10.1. The number of anilines is 2. The number of hydrogen-bond donors (Lipinski definition) is 0. The van der Waals surface area contributed by atoms with Crippen LogP contribution in [0.2, 0.25) is 5.02 Å². The monoisotopic (exact) mass is 669 g/mol. The van der Waals surface area contributed by atoms with Gasteiger partial charge in [-0.3, -0.25) is 14.5 Å². The number of piperazine rings is 1. The number of ether oxygens (including phenoxy) is 5. The van der Waals surface area contributed by atoms with Gasteiger partial charge < -0.3 is 33.5 Å². The molecule has 0 saturated carbocycles. The summed E-state index contributed by atoms with van der Waals surface area (Å²) >= 11 is 7.91. The third kappa shape index (κ3) is 7.43. The van der Waals surface area contributed by atoms with Gasteiger partial charge >= 0.3 is 5.97 Å². The molecule has 3 aromatic carbocycles. The van der Waals surface area contributed by atoms with Crippen molar-refractivity contribution in [2.45, 2.75) is 29.6 Å². The minimum Gasteiger partial charge on any atom is -0.497 e. The number of amides is 1. The zero-order valence-corrected chi connectivity index (χ0v) is 28.4. The summed E-state index contributed by atoms with van der Waals surface area (Å²) in [6.45, 7) is 6.00. The van der Waals surface area contributed by atoms with Gasteiger partial charge in [0.1, 0.15) is 5.75 Å². The summed E-state index contributed by atoms with van der Waals surface area (Å²) in [6, 6.07) is 17.0. The third-order valence-electron chi connectivity index (χ3n) is 8.23. The highest BCUT2D eigenvalue weighted by atomic mass is 35.5. The molecule has 0 bridgehead atoms. The summed E-state index contributed by atoms with van der Waals surface area (Å²) in [4.78, 5) is 33.8. The van der Waals surface area contributed by atoms with E-state index in [1.165, 1.54) is 18.7 Å². The van der Waals surface area contributed by atoms with Crippen molar-refractivity contribution in [1.82, 2.24) is 4.90 Å². The van der Waals surface area contributed by atoms with Crippen LogP contribution in [0.25, 0.3) is 0 Å². The van der Waals surface area contributed by atoms with E-state index < -0.39 is 17.3 Å². The van der Waals surface area contributed by atoms with Crippen molar-refractivity contribution in [3.63, 3.8) is 0 Å². The Morgan fingerprint density at radius 2 is 1.54 bits per heavy atom. The van der Waals surface area contributed by atoms with Gasteiger partial charge in [-0.15, -0.1) is 11.8 Å². The van der Waals surface area contributed by atoms with E-state index in [1.807, 2.05) is 48.5 Å². The van der Waals surface area contributed by atoms with Crippen LogP contribution >= 0.6 is 23.4 Å². The molecule has 0 aromatic heterocycles. The number of carbonyl (C=O) groups is 2. The van der Waals surface area contributed by atoms with Crippen LogP contribution < -0.4 is 28.7 Å². The molecule has 2 heterocycles. The van der Waals surface area contributed by atoms with Gasteiger partial charge in [0, 0.05) is 67.4 Å². The molecule has 3 aromatic rings. The van der Waals surface area contributed by atoms with Crippen molar-refractivity contribution < 1.29 is 33.3 Å². The van der Waals surface area contributed by atoms with Crippen molar-refractivity contribution in [3.05, 3.63) is 65.2 Å². The maximum atomic E-state index is 14.2. The van der Waals surface area contributed by atoms with E-state index in [4.69, 9.17) is 35.3 Å². The molecule has 5 rings (SSSR count). The van der Waals surface area contributed by atoms with E-state index in [-0.39, 0.29) is 5.91 Å². The molecule has 1 fully saturated rings. The molecule has 1 saturated heterocycles. The number of esters is 1. The highest BCUT2D eigenvalue weighted by Gasteiger charge is 2.41.